The van der Waals surface area contributed by atoms with Gasteiger partial charge in [-0.1, -0.05) is 36.9 Å². The first kappa shape index (κ1) is 11.0. The molecule has 3 rings (SSSR count). The van der Waals surface area contributed by atoms with E-state index in [4.69, 9.17) is 4.74 Å². The molecule has 3 atom stereocenters. The molecule has 1 aromatic rings. The second-order valence-corrected chi connectivity index (χ2v) is 5.38. The van der Waals surface area contributed by atoms with E-state index in [0.29, 0.717) is 12.2 Å². The van der Waals surface area contributed by atoms with E-state index in [9.17, 15) is 0 Å². The zero-order valence-corrected chi connectivity index (χ0v) is 10.3. The van der Waals surface area contributed by atoms with Crippen LogP contribution >= 0.6 is 0 Å². The van der Waals surface area contributed by atoms with Gasteiger partial charge in [-0.25, -0.2) is 0 Å². The Labute approximate surface area is 103 Å². The van der Waals surface area contributed by atoms with Crippen LogP contribution in [-0.4, -0.2) is 12.2 Å². The molecule has 0 amide bonds. The maximum atomic E-state index is 5.58. The average Bonchev–Trinajstić information content (AvgIpc) is 3.15. The predicted molar refractivity (Wildman–Crippen MR) is 70.9 cm³/mol. The maximum absolute atomic E-state index is 5.58. The third kappa shape index (κ3) is 2.61. The molecule has 0 bridgehead atoms. The quantitative estimate of drug-likeness (QED) is 0.713. The summed E-state index contributed by atoms with van der Waals surface area (Å²) in [7, 11) is 0. The van der Waals surface area contributed by atoms with E-state index in [1.54, 1.807) is 0 Å². The molecule has 1 saturated heterocycles. The van der Waals surface area contributed by atoms with Crippen LogP contribution in [0.3, 0.4) is 0 Å². The van der Waals surface area contributed by atoms with E-state index in [1.807, 2.05) is 6.08 Å². The highest BCUT2D eigenvalue weighted by Crippen LogP contribution is 2.40. The molecule has 17 heavy (non-hydrogen) atoms. The molecule has 3 unspecified atom stereocenters. The van der Waals surface area contributed by atoms with E-state index in [2.05, 4.69) is 30.8 Å². The maximum Gasteiger partial charge on any atom is 0.0844 e. The van der Waals surface area contributed by atoms with Crippen LogP contribution in [0.1, 0.15) is 36.8 Å². The normalized spacial score (nSPS) is 30.7. The molecule has 1 nitrogen and oxygen atoms in total. The van der Waals surface area contributed by atoms with Crippen LogP contribution in [0.5, 0.6) is 0 Å². The lowest BCUT2D eigenvalue weighted by atomic mass is 9.85. The fourth-order valence-electron chi connectivity index (χ4n) is 2.94. The molecule has 90 valence electrons. The van der Waals surface area contributed by atoms with Gasteiger partial charge in [0.2, 0.25) is 0 Å². The van der Waals surface area contributed by atoms with Crippen molar-refractivity contribution in [3.05, 3.63) is 42.0 Å². The Hall–Kier alpha value is -1.08. The molecule has 0 N–H and O–H groups in total. The van der Waals surface area contributed by atoms with Gasteiger partial charge in [-0.15, -0.1) is 0 Å². The second-order valence-electron chi connectivity index (χ2n) is 5.38. The van der Waals surface area contributed by atoms with Gasteiger partial charge >= 0.3 is 0 Å². The minimum Gasteiger partial charge on any atom is -0.370 e. The Morgan fingerprint density at radius 3 is 2.71 bits per heavy atom. The van der Waals surface area contributed by atoms with Crippen LogP contribution < -0.4 is 0 Å². The van der Waals surface area contributed by atoms with E-state index in [-0.39, 0.29) is 0 Å². The highest BCUT2D eigenvalue weighted by molar-refractivity contribution is 5.47. The van der Waals surface area contributed by atoms with Crippen molar-refractivity contribution >= 4 is 6.08 Å². The average molecular weight is 228 g/mol. The summed E-state index contributed by atoms with van der Waals surface area (Å²) in [5.41, 5.74) is 2.66. The van der Waals surface area contributed by atoms with Crippen molar-refractivity contribution < 1.29 is 4.74 Å². The van der Waals surface area contributed by atoms with Crippen LogP contribution in [0, 0.1) is 5.92 Å². The van der Waals surface area contributed by atoms with Crippen molar-refractivity contribution in [3.63, 3.8) is 0 Å². The van der Waals surface area contributed by atoms with E-state index < -0.39 is 0 Å². The number of hydrogen-bond donors (Lipinski definition) is 0. The third-order valence-corrected chi connectivity index (χ3v) is 4.17. The number of benzene rings is 1. The first-order valence-corrected chi connectivity index (χ1v) is 6.72. The molecule has 1 aliphatic carbocycles. The monoisotopic (exact) mass is 228 g/mol. The Morgan fingerprint density at radius 2 is 2.00 bits per heavy atom. The zero-order chi connectivity index (χ0) is 11.7. The van der Waals surface area contributed by atoms with Crippen molar-refractivity contribution in [2.45, 2.75) is 44.3 Å². The van der Waals surface area contributed by atoms with Gasteiger partial charge in [-0.05, 0) is 49.1 Å². The van der Waals surface area contributed by atoms with Gasteiger partial charge < -0.3 is 4.74 Å². The molecule has 0 radical (unpaired) electrons. The van der Waals surface area contributed by atoms with Crippen LogP contribution in [0.2, 0.25) is 0 Å². The number of rotatable bonds is 4. The number of hydrogen-bond acceptors (Lipinski definition) is 1. The van der Waals surface area contributed by atoms with Crippen LogP contribution in [-0.2, 0) is 11.2 Å². The molecular weight excluding hydrogens is 208 g/mol. The minimum atomic E-state index is 0.622. The van der Waals surface area contributed by atoms with Gasteiger partial charge in [0.25, 0.3) is 0 Å². The van der Waals surface area contributed by atoms with Crippen LogP contribution in [0.15, 0.2) is 30.8 Å². The molecule has 1 saturated carbocycles. The molecule has 0 spiro atoms. The van der Waals surface area contributed by atoms with Gasteiger partial charge in [0, 0.05) is 0 Å². The number of epoxide rings is 1. The topological polar surface area (TPSA) is 12.5 Å². The zero-order valence-electron chi connectivity index (χ0n) is 10.3. The molecule has 1 aliphatic heterocycles. The summed E-state index contributed by atoms with van der Waals surface area (Å²) >= 11 is 0. The molecule has 1 heteroatoms. The summed E-state index contributed by atoms with van der Waals surface area (Å²) in [6.45, 7) is 3.78. The summed E-state index contributed by atoms with van der Waals surface area (Å²) in [6.07, 6.45) is 9.65. The molecular formula is C16H20O. The lowest BCUT2D eigenvalue weighted by Crippen LogP contribution is -2.14. The highest BCUT2D eigenvalue weighted by Gasteiger charge is 2.43. The Kier molecular flexibility index (Phi) is 3.02. The van der Waals surface area contributed by atoms with E-state index >= 15 is 0 Å². The summed E-state index contributed by atoms with van der Waals surface area (Å²) in [5, 5.41) is 0. The summed E-state index contributed by atoms with van der Waals surface area (Å²) in [4.78, 5) is 0. The number of aryl methyl sites for hydroxylation is 1. The second kappa shape index (κ2) is 4.66. The Bertz CT molecular complexity index is 392. The first-order valence-electron chi connectivity index (χ1n) is 6.72. The standard InChI is InChI=1S/C16H20O/c1-2-12-3-5-13(6-4-12)7-8-14-9-10-15-16(11-14)17-15/h2-6,14-16H,1,7-11H2. The van der Waals surface area contributed by atoms with Crippen LogP contribution in [0.25, 0.3) is 6.08 Å². The van der Waals surface area contributed by atoms with Crippen LogP contribution in [0.4, 0.5) is 0 Å². The van der Waals surface area contributed by atoms with Crippen molar-refractivity contribution in [1.29, 1.82) is 0 Å². The Morgan fingerprint density at radius 1 is 1.18 bits per heavy atom. The summed E-state index contributed by atoms with van der Waals surface area (Å²) < 4.78 is 5.58. The largest absolute Gasteiger partial charge is 0.370 e. The fraction of sp³-hybridized carbons (Fsp3) is 0.500. The van der Waals surface area contributed by atoms with E-state index in [0.717, 1.165) is 5.92 Å². The number of fused-ring (bicyclic) bond motifs is 1. The molecule has 1 aromatic carbocycles. The van der Waals surface area contributed by atoms with Crippen molar-refractivity contribution in [1.82, 2.24) is 0 Å². The lowest BCUT2D eigenvalue weighted by Gasteiger charge is -2.18. The molecule has 2 fully saturated rings. The first-order chi connectivity index (χ1) is 8.35. The fourth-order valence-corrected chi connectivity index (χ4v) is 2.94. The van der Waals surface area contributed by atoms with Crippen molar-refractivity contribution in [3.8, 4) is 0 Å². The molecule has 2 aliphatic rings. The van der Waals surface area contributed by atoms with Gasteiger partial charge in [0.1, 0.15) is 0 Å². The highest BCUT2D eigenvalue weighted by atomic mass is 16.6. The Balaban J connectivity index is 1.50. The van der Waals surface area contributed by atoms with Crippen molar-refractivity contribution in [2.75, 3.05) is 0 Å². The van der Waals surface area contributed by atoms with Gasteiger partial charge in [0.15, 0.2) is 0 Å². The molecule has 0 aromatic heterocycles. The SMILES string of the molecule is C=Cc1ccc(CCC2CCC3OC3C2)cc1. The van der Waals surface area contributed by atoms with Gasteiger partial charge in [-0.3, -0.25) is 0 Å². The minimum absolute atomic E-state index is 0.622. The molecule has 1 heterocycles. The summed E-state index contributed by atoms with van der Waals surface area (Å²) in [6, 6.07) is 8.78. The van der Waals surface area contributed by atoms with Gasteiger partial charge in [0.05, 0.1) is 12.2 Å². The van der Waals surface area contributed by atoms with Crippen molar-refractivity contribution in [2.24, 2.45) is 5.92 Å². The predicted octanol–water partition coefficient (Wildman–Crippen LogP) is 3.83. The van der Waals surface area contributed by atoms with Gasteiger partial charge in [-0.2, -0.15) is 0 Å². The third-order valence-electron chi connectivity index (χ3n) is 4.17. The van der Waals surface area contributed by atoms with E-state index in [1.165, 1.54) is 43.2 Å². The summed E-state index contributed by atoms with van der Waals surface area (Å²) in [5.74, 6) is 0.887. The number of ether oxygens (including phenoxy) is 1. The smallest absolute Gasteiger partial charge is 0.0844 e. The lowest BCUT2D eigenvalue weighted by molar-refractivity contribution is 0.352.